The largest absolute Gasteiger partial charge is 0.134 e. The van der Waals surface area contributed by atoms with E-state index in [0.717, 1.165) is 0 Å². The van der Waals surface area contributed by atoms with Crippen LogP contribution in [0.3, 0.4) is 0 Å². The molecule has 0 N–H and O–H groups in total. The van der Waals surface area contributed by atoms with Crippen molar-refractivity contribution in [2.45, 2.75) is 90.9 Å². The predicted octanol–water partition coefficient (Wildman–Crippen LogP) is 12.2. The summed E-state index contributed by atoms with van der Waals surface area (Å²) < 4.78 is 0. The van der Waals surface area contributed by atoms with Crippen molar-refractivity contribution < 1.29 is 0 Å². The van der Waals surface area contributed by atoms with Gasteiger partial charge in [-0.25, -0.2) is 0 Å². The van der Waals surface area contributed by atoms with Gasteiger partial charge in [0.1, 0.15) is 0 Å². The Morgan fingerprint density at radius 1 is 0.472 bits per heavy atom. The van der Waals surface area contributed by atoms with Crippen molar-refractivity contribution in [1.29, 1.82) is 0 Å². The molecule has 4 rings (SSSR count). The fourth-order valence-corrected chi connectivity index (χ4v) is 7.05. The first kappa shape index (κ1) is 26.9. The van der Waals surface area contributed by atoms with Gasteiger partial charge in [-0.2, -0.15) is 0 Å². The van der Waals surface area contributed by atoms with Gasteiger partial charge in [-0.15, -0.1) is 22.7 Å². The second kappa shape index (κ2) is 13.4. The van der Waals surface area contributed by atoms with E-state index in [0.29, 0.717) is 11.8 Å². The Bertz CT molecular complexity index is 1080. The molecule has 2 aromatic carbocycles. The van der Waals surface area contributed by atoms with Gasteiger partial charge in [0.15, 0.2) is 0 Å². The van der Waals surface area contributed by atoms with E-state index in [4.69, 9.17) is 0 Å². The van der Waals surface area contributed by atoms with Crippen molar-refractivity contribution in [3.63, 3.8) is 0 Å². The van der Waals surface area contributed by atoms with Crippen LogP contribution in [0.25, 0.3) is 30.6 Å². The summed E-state index contributed by atoms with van der Waals surface area (Å²) in [5, 5.41) is 0. The molecule has 0 nitrogen and oxygen atoms in total. The van der Waals surface area contributed by atoms with Crippen molar-refractivity contribution >= 4 is 22.7 Å². The number of thiophene rings is 2. The minimum absolute atomic E-state index is 0.646. The number of hydrogen-bond acceptors (Lipinski definition) is 2. The number of benzene rings is 2. The van der Waals surface area contributed by atoms with Crippen LogP contribution in [0.15, 0.2) is 72.8 Å². The van der Waals surface area contributed by atoms with E-state index in [1.54, 1.807) is 0 Å². The van der Waals surface area contributed by atoms with Gasteiger partial charge in [-0.1, -0.05) is 115 Å². The Hall–Kier alpha value is -2.16. The van der Waals surface area contributed by atoms with Crippen LogP contribution < -0.4 is 0 Å². The zero-order chi connectivity index (χ0) is 25.3. The normalized spacial score (nSPS) is 13.1. The van der Waals surface area contributed by atoms with Crippen LogP contribution in [0.4, 0.5) is 0 Å². The smallest absolute Gasteiger partial charge is 0.0449 e. The van der Waals surface area contributed by atoms with Crippen LogP contribution in [0.2, 0.25) is 0 Å². The van der Waals surface area contributed by atoms with Crippen LogP contribution in [0.1, 0.15) is 102 Å². The Labute approximate surface area is 227 Å². The maximum atomic E-state index is 2.37. The Morgan fingerprint density at radius 2 is 0.833 bits per heavy atom. The third kappa shape index (κ3) is 6.99. The maximum absolute atomic E-state index is 2.37. The topological polar surface area (TPSA) is 0 Å². The molecule has 2 aromatic heterocycles. The fraction of sp³-hybridized carbons (Fsp3) is 0.412. The molecule has 0 aliphatic carbocycles. The summed E-state index contributed by atoms with van der Waals surface area (Å²) in [5.41, 5.74) is 5.60. The summed E-state index contributed by atoms with van der Waals surface area (Å²) in [6.45, 7) is 9.28. The lowest BCUT2D eigenvalue weighted by Crippen LogP contribution is -1.93. The monoisotopic (exact) mass is 514 g/mol. The lowest BCUT2D eigenvalue weighted by Gasteiger charge is -2.12. The SMILES string of the molecule is CCCCCC(C)c1ccc(-c2ccc(-c3ccc(-c4ccc(C(C)CCCCC)cc4)s3)s2)cc1. The first-order valence-electron chi connectivity index (χ1n) is 14.0. The molecule has 36 heavy (non-hydrogen) atoms. The van der Waals surface area contributed by atoms with Crippen LogP contribution >= 0.6 is 22.7 Å². The van der Waals surface area contributed by atoms with E-state index in [2.05, 4.69) is 100 Å². The van der Waals surface area contributed by atoms with Crippen molar-refractivity contribution in [1.82, 2.24) is 0 Å². The summed E-state index contributed by atoms with van der Waals surface area (Å²) in [4.78, 5) is 5.43. The molecule has 2 heteroatoms. The van der Waals surface area contributed by atoms with Crippen molar-refractivity contribution in [2.75, 3.05) is 0 Å². The molecular weight excluding hydrogens is 473 g/mol. The number of hydrogen-bond donors (Lipinski definition) is 0. The van der Waals surface area contributed by atoms with E-state index in [-0.39, 0.29) is 0 Å². The molecule has 190 valence electrons. The Morgan fingerprint density at radius 3 is 1.19 bits per heavy atom. The zero-order valence-corrected chi connectivity index (χ0v) is 24.2. The van der Waals surface area contributed by atoms with Gasteiger partial charge in [-0.05, 0) is 71.2 Å². The molecule has 0 aliphatic heterocycles. The molecule has 0 saturated carbocycles. The second-order valence-electron chi connectivity index (χ2n) is 10.4. The van der Waals surface area contributed by atoms with Gasteiger partial charge in [0.25, 0.3) is 0 Å². The molecule has 0 aliphatic rings. The van der Waals surface area contributed by atoms with Crippen molar-refractivity contribution in [2.24, 2.45) is 0 Å². The van der Waals surface area contributed by atoms with Crippen LogP contribution in [0, 0.1) is 0 Å². The number of rotatable bonds is 13. The van der Waals surface area contributed by atoms with E-state index >= 15 is 0 Å². The summed E-state index contributed by atoms with van der Waals surface area (Å²) in [6, 6.07) is 27.7. The molecule has 0 radical (unpaired) electrons. The van der Waals surface area contributed by atoms with E-state index in [1.165, 1.54) is 93.1 Å². The van der Waals surface area contributed by atoms with Crippen molar-refractivity contribution in [3.8, 4) is 30.6 Å². The molecule has 4 aromatic rings. The highest BCUT2D eigenvalue weighted by molar-refractivity contribution is 7.25. The van der Waals surface area contributed by atoms with Gasteiger partial charge in [-0.3, -0.25) is 0 Å². The van der Waals surface area contributed by atoms with Gasteiger partial charge < -0.3 is 0 Å². The standard InChI is InChI=1S/C34H42S2/c1-5-7-9-11-25(3)27-13-17-29(18-14-27)31-21-23-33(35-31)34-24-22-32(36-34)30-19-15-28(16-20-30)26(4)12-10-8-6-2/h13-26H,5-12H2,1-4H3. The molecular formula is C34H42S2. The van der Waals surface area contributed by atoms with E-state index < -0.39 is 0 Å². The van der Waals surface area contributed by atoms with Crippen LogP contribution in [0.5, 0.6) is 0 Å². The summed E-state index contributed by atoms with van der Waals surface area (Å²) in [5.74, 6) is 1.29. The summed E-state index contributed by atoms with van der Waals surface area (Å²) in [7, 11) is 0. The molecule has 0 amide bonds. The third-order valence-corrected chi connectivity index (χ3v) is 9.93. The summed E-state index contributed by atoms with van der Waals surface area (Å²) >= 11 is 3.81. The molecule has 2 atom stereocenters. The lowest BCUT2D eigenvalue weighted by molar-refractivity contribution is 0.598. The second-order valence-corrected chi connectivity index (χ2v) is 12.5. The first-order valence-corrected chi connectivity index (χ1v) is 15.6. The third-order valence-electron chi connectivity index (χ3n) is 7.46. The fourth-order valence-electron chi connectivity index (χ4n) is 4.94. The van der Waals surface area contributed by atoms with Gasteiger partial charge in [0.2, 0.25) is 0 Å². The maximum Gasteiger partial charge on any atom is 0.0449 e. The molecule has 2 unspecified atom stereocenters. The average molecular weight is 515 g/mol. The zero-order valence-electron chi connectivity index (χ0n) is 22.6. The van der Waals surface area contributed by atoms with Crippen LogP contribution in [-0.4, -0.2) is 0 Å². The molecule has 0 saturated heterocycles. The van der Waals surface area contributed by atoms with Gasteiger partial charge in [0.05, 0.1) is 0 Å². The highest BCUT2D eigenvalue weighted by Gasteiger charge is 2.11. The number of unbranched alkanes of at least 4 members (excludes halogenated alkanes) is 4. The predicted molar refractivity (Wildman–Crippen MR) is 164 cm³/mol. The van der Waals surface area contributed by atoms with Gasteiger partial charge in [0, 0.05) is 19.5 Å². The highest BCUT2D eigenvalue weighted by atomic mass is 32.1. The average Bonchev–Trinajstić information content (AvgIpc) is 3.59. The Kier molecular flexibility index (Phi) is 10.0. The highest BCUT2D eigenvalue weighted by Crippen LogP contribution is 2.41. The molecule has 0 spiro atoms. The molecule has 0 fully saturated rings. The van der Waals surface area contributed by atoms with Gasteiger partial charge >= 0.3 is 0 Å². The van der Waals surface area contributed by atoms with E-state index in [9.17, 15) is 0 Å². The minimum atomic E-state index is 0.646. The first-order chi connectivity index (χ1) is 17.6. The molecule has 0 bridgehead atoms. The van der Waals surface area contributed by atoms with Crippen molar-refractivity contribution in [3.05, 3.63) is 83.9 Å². The minimum Gasteiger partial charge on any atom is -0.134 e. The quantitative estimate of drug-likeness (QED) is 0.156. The van der Waals surface area contributed by atoms with Crippen LogP contribution in [-0.2, 0) is 0 Å². The molecule has 2 heterocycles. The lowest BCUT2D eigenvalue weighted by atomic mass is 9.94. The Balaban J connectivity index is 1.40. The summed E-state index contributed by atoms with van der Waals surface area (Å²) in [6.07, 6.45) is 10.5. The van der Waals surface area contributed by atoms with E-state index in [1.807, 2.05) is 22.7 Å².